The molecule has 0 fully saturated rings. The summed E-state index contributed by atoms with van der Waals surface area (Å²) in [7, 11) is 0. The summed E-state index contributed by atoms with van der Waals surface area (Å²) in [5, 5.41) is 0. The van der Waals surface area contributed by atoms with Gasteiger partial charge in [0.1, 0.15) is 5.82 Å². The molecule has 20 heavy (non-hydrogen) atoms. The van der Waals surface area contributed by atoms with E-state index in [1.807, 2.05) is 0 Å². The average molecular weight is 273 g/mol. The summed E-state index contributed by atoms with van der Waals surface area (Å²) in [6.45, 7) is 8.48. The van der Waals surface area contributed by atoms with Gasteiger partial charge in [-0.3, -0.25) is 0 Å². The molecule has 0 atom stereocenters. The molecule has 0 spiro atoms. The SMILES string of the molecule is CCCCn1c(CCCN)nc2cc(C(C)C)ccc21. The van der Waals surface area contributed by atoms with Crippen molar-refractivity contribution in [1.29, 1.82) is 0 Å². The van der Waals surface area contributed by atoms with Crippen LogP contribution in [0.3, 0.4) is 0 Å². The molecule has 3 nitrogen and oxygen atoms in total. The van der Waals surface area contributed by atoms with Gasteiger partial charge in [0, 0.05) is 13.0 Å². The number of hydrogen-bond acceptors (Lipinski definition) is 2. The molecule has 1 aromatic carbocycles. The Morgan fingerprint density at radius 2 is 2.05 bits per heavy atom. The number of imidazole rings is 1. The van der Waals surface area contributed by atoms with Crippen molar-refractivity contribution >= 4 is 11.0 Å². The van der Waals surface area contributed by atoms with Crippen molar-refractivity contribution in [2.24, 2.45) is 5.73 Å². The maximum Gasteiger partial charge on any atom is 0.109 e. The van der Waals surface area contributed by atoms with Crippen LogP contribution >= 0.6 is 0 Å². The Morgan fingerprint density at radius 3 is 2.70 bits per heavy atom. The predicted octanol–water partition coefficient (Wildman–Crippen LogP) is 3.85. The molecule has 2 rings (SSSR count). The second-order valence-corrected chi connectivity index (χ2v) is 5.83. The molecule has 0 saturated carbocycles. The Bertz CT molecular complexity index is 555. The van der Waals surface area contributed by atoms with E-state index in [0.29, 0.717) is 5.92 Å². The fraction of sp³-hybridized carbons (Fsp3) is 0.588. The van der Waals surface area contributed by atoms with Crippen molar-refractivity contribution in [3.05, 3.63) is 29.6 Å². The summed E-state index contributed by atoms with van der Waals surface area (Å²) in [4.78, 5) is 4.85. The fourth-order valence-electron chi connectivity index (χ4n) is 2.57. The van der Waals surface area contributed by atoms with Crippen molar-refractivity contribution in [2.75, 3.05) is 6.54 Å². The molecule has 0 bridgehead atoms. The molecule has 2 aromatic rings. The summed E-state index contributed by atoms with van der Waals surface area (Å²) >= 11 is 0. The quantitative estimate of drug-likeness (QED) is 0.832. The minimum atomic E-state index is 0.549. The number of fused-ring (bicyclic) bond motifs is 1. The van der Waals surface area contributed by atoms with Gasteiger partial charge in [-0.2, -0.15) is 0 Å². The lowest BCUT2D eigenvalue weighted by Gasteiger charge is -2.09. The topological polar surface area (TPSA) is 43.8 Å². The third-order valence-electron chi connectivity index (χ3n) is 3.86. The van der Waals surface area contributed by atoms with Crippen molar-refractivity contribution in [2.45, 2.75) is 58.9 Å². The van der Waals surface area contributed by atoms with Gasteiger partial charge >= 0.3 is 0 Å². The van der Waals surface area contributed by atoms with Gasteiger partial charge in [0.05, 0.1) is 11.0 Å². The summed E-state index contributed by atoms with van der Waals surface area (Å²) < 4.78 is 2.39. The maximum absolute atomic E-state index is 5.65. The highest BCUT2D eigenvalue weighted by Gasteiger charge is 2.11. The number of nitrogens with zero attached hydrogens (tertiary/aromatic N) is 2. The number of benzene rings is 1. The van der Waals surface area contributed by atoms with Crippen LogP contribution < -0.4 is 5.73 Å². The van der Waals surface area contributed by atoms with Gasteiger partial charge in [0.15, 0.2) is 0 Å². The molecule has 0 saturated heterocycles. The van der Waals surface area contributed by atoms with Gasteiger partial charge in [-0.05, 0) is 43.0 Å². The van der Waals surface area contributed by atoms with Crippen molar-refractivity contribution in [1.82, 2.24) is 9.55 Å². The van der Waals surface area contributed by atoms with Gasteiger partial charge in [0.25, 0.3) is 0 Å². The van der Waals surface area contributed by atoms with Crippen LogP contribution in [0.4, 0.5) is 0 Å². The molecule has 0 unspecified atom stereocenters. The second-order valence-electron chi connectivity index (χ2n) is 5.83. The minimum Gasteiger partial charge on any atom is -0.330 e. The smallest absolute Gasteiger partial charge is 0.109 e. The number of aryl methyl sites for hydroxylation is 2. The summed E-state index contributed by atoms with van der Waals surface area (Å²) in [6, 6.07) is 6.72. The first-order chi connectivity index (χ1) is 9.67. The fourth-order valence-corrected chi connectivity index (χ4v) is 2.57. The lowest BCUT2D eigenvalue weighted by atomic mass is 10.0. The van der Waals surface area contributed by atoms with E-state index in [1.54, 1.807) is 0 Å². The zero-order valence-electron chi connectivity index (χ0n) is 13.0. The molecular formula is C17H27N3. The highest BCUT2D eigenvalue weighted by atomic mass is 15.1. The monoisotopic (exact) mass is 273 g/mol. The van der Waals surface area contributed by atoms with Crippen molar-refractivity contribution in [3.63, 3.8) is 0 Å². The first-order valence-corrected chi connectivity index (χ1v) is 7.86. The third kappa shape index (κ3) is 3.21. The van der Waals surface area contributed by atoms with Crippen LogP contribution in [0.1, 0.15) is 57.3 Å². The third-order valence-corrected chi connectivity index (χ3v) is 3.86. The molecule has 0 aliphatic heterocycles. The van der Waals surface area contributed by atoms with E-state index in [1.165, 1.54) is 29.7 Å². The van der Waals surface area contributed by atoms with E-state index in [-0.39, 0.29) is 0 Å². The second kappa shape index (κ2) is 6.89. The van der Waals surface area contributed by atoms with Crippen LogP contribution in [0.2, 0.25) is 0 Å². The van der Waals surface area contributed by atoms with E-state index in [9.17, 15) is 0 Å². The van der Waals surface area contributed by atoms with E-state index in [2.05, 4.69) is 43.5 Å². The Labute approximate surface area is 122 Å². The molecule has 110 valence electrons. The zero-order valence-corrected chi connectivity index (χ0v) is 13.0. The normalized spacial score (nSPS) is 11.7. The summed E-state index contributed by atoms with van der Waals surface area (Å²) in [5.41, 5.74) is 9.42. The van der Waals surface area contributed by atoms with Gasteiger partial charge in [-0.15, -0.1) is 0 Å². The molecule has 0 aliphatic carbocycles. The molecule has 1 aromatic heterocycles. The highest BCUT2D eigenvalue weighted by molar-refractivity contribution is 5.77. The lowest BCUT2D eigenvalue weighted by Crippen LogP contribution is -2.07. The van der Waals surface area contributed by atoms with Gasteiger partial charge in [-0.1, -0.05) is 33.3 Å². The molecule has 0 radical (unpaired) electrons. The molecule has 2 N–H and O–H groups in total. The first-order valence-electron chi connectivity index (χ1n) is 7.86. The first kappa shape index (κ1) is 15.0. The van der Waals surface area contributed by atoms with E-state index < -0.39 is 0 Å². The average Bonchev–Trinajstić information content (AvgIpc) is 2.79. The summed E-state index contributed by atoms with van der Waals surface area (Å²) in [6.07, 6.45) is 4.39. The van der Waals surface area contributed by atoms with Crippen LogP contribution in [-0.4, -0.2) is 16.1 Å². The summed E-state index contributed by atoms with van der Waals surface area (Å²) in [5.74, 6) is 1.74. The van der Waals surface area contributed by atoms with E-state index in [0.717, 1.165) is 31.4 Å². The molecule has 0 aliphatic rings. The standard InChI is InChI=1S/C17H27N3/c1-4-5-11-20-16-9-8-14(13(2)3)12-15(16)19-17(20)7-6-10-18/h8-9,12-13H,4-7,10-11,18H2,1-3H3. The minimum absolute atomic E-state index is 0.549. The predicted molar refractivity (Wildman–Crippen MR) is 86.1 cm³/mol. The number of hydrogen-bond donors (Lipinski definition) is 1. The highest BCUT2D eigenvalue weighted by Crippen LogP contribution is 2.23. The number of aromatic nitrogens is 2. The number of rotatable bonds is 7. The Hall–Kier alpha value is -1.35. The Kier molecular flexibility index (Phi) is 5.18. The number of nitrogens with two attached hydrogens (primary N) is 1. The van der Waals surface area contributed by atoms with Gasteiger partial charge in [-0.25, -0.2) is 4.98 Å². The molecule has 3 heteroatoms. The molecular weight excluding hydrogens is 246 g/mol. The number of unbranched alkanes of at least 4 members (excludes halogenated alkanes) is 1. The Morgan fingerprint density at radius 1 is 1.25 bits per heavy atom. The van der Waals surface area contributed by atoms with Crippen LogP contribution in [0.15, 0.2) is 18.2 Å². The van der Waals surface area contributed by atoms with Gasteiger partial charge < -0.3 is 10.3 Å². The van der Waals surface area contributed by atoms with Crippen LogP contribution in [-0.2, 0) is 13.0 Å². The molecule has 1 heterocycles. The van der Waals surface area contributed by atoms with E-state index in [4.69, 9.17) is 10.7 Å². The van der Waals surface area contributed by atoms with Crippen LogP contribution in [0.5, 0.6) is 0 Å². The molecule has 0 amide bonds. The lowest BCUT2D eigenvalue weighted by molar-refractivity contribution is 0.607. The van der Waals surface area contributed by atoms with Crippen molar-refractivity contribution in [3.8, 4) is 0 Å². The van der Waals surface area contributed by atoms with Gasteiger partial charge in [0.2, 0.25) is 0 Å². The maximum atomic E-state index is 5.65. The van der Waals surface area contributed by atoms with Crippen molar-refractivity contribution < 1.29 is 0 Å². The Balaban J connectivity index is 2.41. The van der Waals surface area contributed by atoms with Crippen LogP contribution in [0.25, 0.3) is 11.0 Å². The zero-order chi connectivity index (χ0) is 14.5. The van der Waals surface area contributed by atoms with E-state index >= 15 is 0 Å². The largest absolute Gasteiger partial charge is 0.330 e. The van der Waals surface area contributed by atoms with Crippen LogP contribution in [0, 0.1) is 0 Å².